The fourth-order valence-corrected chi connectivity index (χ4v) is 2.30. The average molecular weight is 228 g/mol. The second-order valence-corrected chi connectivity index (χ2v) is 4.56. The molecule has 0 atom stereocenters. The zero-order valence-corrected chi connectivity index (χ0v) is 9.83. The molecule has 0 radical (unpaired) electrons. The smallest absolute Gasteiger partial charge is 0.224 e. The van der Waals surface area contributed by atoms with Crippen molar-refractivity contribution >= 4 is 16.9 Å². The third-order valence-electron chi connectivity index (χ3n) is 2.32. The molecule has 0 amide bonds. The highest BCUT2D eigenvalue weighted by atomic mass is 32.2. The van der Waals surface area contributed by atoms with E-state index in [0.717, 1.165) is 16.0 Å². The largest absolute Gasteiger partial charge is 0.281 e. The second-order valence-electron chi connectivity index (χ2n) is 3.52. The number of thioether (sulfide) groups is 1. The van der Waals surface area contributed by atoms with Crippen LogP contribution in [0.25, 0.3) is 0 Å². The van der Waals surface area contributed by atoms with Gasteiger partial charge in [-0.25, -0.2) is 0 Å². The summed E-state index contributed by atoms with van der Waals surface area (Å²) in [6, 6.07) is 17.4. The summed E-state index contributed by atoms with van der Waals surface area (Å²) >= 11 is 1.27. The molecule has 0 saturated heterocycles. The van der Waals surface area contributed by atoms with Crippen LogP contribution >= 0.6 is 11.8 Å². The van der Waals surface area contributed by atoms with Crippen molar-refractivity contribution < 1.29 is 4.79 Å². The minimum Gasteiger partial charge on any atom is -0.281 e. The number of aryl methyl sites for hydroxylation is 1. The van der Waals surface area contributed by atoms with E-state index in [2.05, 4.69) is 0 Å². The van der Waals surface area contributed by atoms with Gasteiger partial charge in [0.15, 0.2) is 0 Å². The molecule has 0 aliphatic heterocycles. The van der Waals surface area contributed by atoms with Crippen LogP contribution in [0.2, 0.25) is 0 Å². The lowest BCUT2D eigenvalue weighted by molar-refractivity contribution is 0.108. The van der Waals surface area contributed by atoms with Crippen molar-refractivity contribution in [1.82, 2.24) is 0 Å². The first kappa shape index (κ1) is 11.0. The van der Waals surface area contributed by atoms with Crippen molar-refractivity contribution in [3.63, 3.8) is 0 Å². The second kappa shape index (κ2) is 4.99. The number of benzene rings is 2. The molecule has 0 bridgehead atoms. The van der Waals surface area contributed by atoms with Crippen molar-refractivity contribution in [3.05, 3.63) is 65.7 Å². The predicted molar refractivity (Wildman–Crippen MR) is 67.8 cm³/mol. The molecular weight excluding hydrogens is 216 g/mol. The SMILES string of the molecule is Cc1ccccc1C(=O)Sc1ccccc1. The molecule has 0 aliphatic rings. The van der Waals surface area contributed by atoms with E-state index in [4.69, 9.17) is 0 Å². The Hall–Kier alpha value is -1.54. The van der Waals surface area contributed by atoms with E-state index in [-0.39, 0.29) is 5.12 Å². The van der Waals surface area contributed by atoms with Crippen molar-refractivity contribution in [2.45, 2.75) is 11.8 Å². The van der Waals surface area contributed by atoms with Gasteiger partial charge in [-0.2, -0.15) is 0 Å². The lowest BCUT2D eigenvalue weighted by Gasteiger charge is -2.03. The molecule has 16 heavy (non-hydrogen) atoms. The fraction of sp³-hybridized carbons (Fsp3) is 0.0714. The quantitative estimate of drug-likeness (QED) is 0.724. The van der Waals surface area contributed by atoms with Gasteiger partial charge in [-0.1, -0.05) is 42.5 Å². The lowest BCUT2D eigenvalue weighted by Crippen LogP contribution is -1.95. The summed E-state index contributed by atoms with van der Waals surface area (Å²) < 4.78 is 0. The van der Waals surface area contributed by atoms with Crippen molar-refractivity contribution in [3.8, 4) is 0 Å². The average Bonchev–Trinajstić information content (AvgIpc) is 2.31. The summed E-state index contributed by atoms with van der Waals surface area (Å²) in [6.45, 7) is 1.96. The first-order valence-corrected chi connectivity index (χ1v) is 5.92. The third-order valence-corrected chi connectivity index (χ3v) is 3.23. The van der Waals surface area contributed by atoms with Crippen molar-refractivity contribution in [2.24, 2.45) is 0 Å². The first-order valence-electron chi connectivity index (χ1n) is 5.10. The topological polar surface area (TPSA) is 17.1 Å². The maximum absolute atomic E-state index is 12.0. The Morgan fingerprint density at radius 1 is 0.938 bits per heavy atom. The van der Waals surface area contributed by atoms with E-state index in [1.165, 1.54) is 11.8 Å². The van der Waals surface area contributed by atoms with E-state index >= 15 is 0 Å². The van der Waals surface area contributed by atoms with E-state index in [9.17, 15) is 4.79 Å². The Labute approximate surface area is 99.5 Å². The van der Waals surface area contributed by atoms with Gasteiger partial charge in [0.25, 0.3) is 0 Å². The maximum atomic E-state index is 12.0. The highest BCUT2D eigenvalue weighted by Gasteiger charge is 2.09. The fourth-order valence-electron chi connectivity index (χ4n) is 1.45. The first-order chi connectivity index (χ1) is 7.77. The van der Waals surface area contributed by atoms with Gasteiger partial charge in [0.05, 0.1) is 0 Å². The molecule has 0 aromatic heterocycles. The molecule has 0 aliphatic carbocycles. The number of hydrogen-bond acceptors (Lipinski definition) is 2. The van der Waals surface area contributed by atoms with Gasteiger partial charge in [0.1, 0.15) is 0 Å². The molecule has 0 fully saturated rings. The molecule has 80 valence electrons. The van der Waals surface area contributed by atoms with E-state index < -0.39 is 0 Å². The van der Waals surface area contributed by atoms with Crippen molar-refractivity contribution in [1.29, 1.82) is 0 Å². The maximum Gasteiger partial charge on any atom is 0.224 e. The molecule has 2 aromatic carbocycles. The molecule has 0 saturated carbocycles. The third kappa shape index (κ3) is 2.52. The van der Waals surface area contributed by atoms with Crippen LogP contribution in [0.3, 0.4) is 0 Å². The normalized spacial score (nSPS) is 10.1. The minimum absolute atomic E-state index is 0.101. The summed E-state index contributed by atoms with van der Waals surface area (Å²) in [6.07, 6.45) is 0. The summed E-state index contributed by atoms with van der Waals surface area (Å²) in [5.74, 6) is 0. The molecule has 2 rings (SSSR count). The van der Waals surface area contributed by atoms with Crippen LogP contribution in [0.15, 0.2) is 59.5 Å². The van der Waals surface area contributed by atoms with E-state index in [1.54, 1.807) is 0 Å². The summed E-state index contributed by atoms with van der Waals surface area (Å²) in [5.41, 5.74) is 1.81. The Kier molecular flexibility index (Phi) is 3.42. The molecule has 2 aromatic rings. The summed E-state index contributed by atoms with van der Waals surface area (Å²) in [7, 11) is 0. The molecule has 0 unspecified atom stereocenters. The zero-order valence-electron chi connectivity index (χ0n) is 9.01. The molecule has 0 heterocycles. The summed E-state index contributed by atoms with van der Waals surface area (Å²) in [5, 5.41) is 0.101. The van der Waals surface area contributed by atoms with Crippen LogP contribution in [-0.4, -0.2) is 5.12 Å². The highest BCUT2D eigenvalue weighted by molar-refractivity contribution is 8.14. The Bertz CT molecular complexity index is 491. The number of rotatable bonds is 2. The Morgan fingerprint density at radius 3 is 2.25 bits per heavy atom. The highest BCUT2D eigenvalue weighted by Crippen LogP contribution is 2.23. The van der Waals surface area contributed by atoms with Crippen LogP contribution in [-0.2, 0) is 0 Å². The molecule has 1 nitrogen and oxygen atoms in total. The summed E-state index contributed by atoms with van der Waals surface area (Å²) in [4.78, 5) is 13.0. The minimum atomic E-state index is 0.101. The molecule has 2 heteroatoms. The van der Waals surface area contributed by atoms with Crippen LogP contribution in [0.5, 0.6) is 0 Å². The standard InChI is InChI=1S/C14H12OS/c1-11-7-5-6-10-13(11)14(15)16-12-8-3-2-4-9-12/h2-10H,1H3. The monoisotopic (exact) mass is 228 g/mol. The predicted octanol–water partition coefficient (Wildman–Crippen LogP) is 3.93. The lowest BCUT2D eigenvalue weighted by atomic mass is 10.1. The van der Waals surface area contributed by atoms with Gasteiger partial charge in [-0.3, -0.25) is 4.79 Å². The van der Waals surface area contributed by atoms with Gasteiger partial charge in [0.2, 0.25) is 5.12 Å². The molecule has 0 N–H and O–H groups in total. The van der Waals surface area contributed by atoms with Crippen LogP contribution < -0.4 is 0 Å². The van der Waals surface area contributed by atoms with E-state index in [1.807, 2.05) is 61.5 Å². The van der Waals surface area contributed by atoms with Gasteiger partial charge >= 0.3 is 0 Å². The van der Waals surface area contributed by atoms with Crippen molar-refractivity contribution in [2.75, 3.05) is 0 Å². The van der Waals surface area contributed by atoms with Gasteiger partial charge in [-0.15, -0.1) is 0 Å². The number of hydrogen-bond donors (Lipinski definition) is 0. The zero-order chi connectivity index (χ0) is 11.4. The molecule has 0 spiro atoms. The molecular formula is C14H12OS. The van der Waals surface area contributed by atoms with Gasteiger partial charge in [0, 0.05) is 10.5 Å². The van der Waals surface area contributed by atoms with Crippen LogP contribution in [0, 0.1) is 6.92 Å². The Balaban J connectivity index is 2.19. The number of carbonyl (C=O) groups excluding carboxylic acids is 1. The van der Waals surface area contributed by atoms with Gasteiger partial charge < -0.3 is 0 Å². The number of carbonyl (C=O) groups is 1. The van der Waals surface area contributed by atoms with Gasteiger partial charge in [-0.05, 0) is 36.4 Å². The van der Waals surface area contributed by atoms with Crippen LogP contribution in [0.4, 0.5) is 0 Å². The Morgan fingerprint density at radius 2 is 1.56 bits per heavy atom. The van der Waals surface area contributed by atoms with E-state index in [0.29, 0.717) is 0 Å². The van der Waals surface area contributed by atoms with Crippen LogP contribution in [0.1, 0.15) is 15.9 Å².